The molecule has 0 aliphatic heterocycles. The third kappa shape index (κ3) is 7.57. The number of hydrogen-bond donors (Lipinski definition) is 2. The Bertz CT molecular complexity index is 1290. The highest BCUT2D eigenvalue weighted by molar-refractivity contribution is 5.90. The molecule has 0 amide bonds. The number of allylic oxidation sites excluding steroid dienone is 1. The fourth-order valence-corrected chi connectivity index (χ4v) is 3.76. The van der Waals surface area contributed by atoms with Gasteiger partial charge in [0.1, 0.15) is 23.9 Å². The highest BCUT2D eigenvalue weighted by Crippen LogP contribution is 2.36. The van der Waals surface area contributed by atoms with Crippen LogP contribution in [0.15, 0.2) is 66.7 Å². The van der Waals surface area contributed by atoms with E-state index in [-0.39, 0.29) is 40.7 Å². The van der Waals surface area contributed by atoms with Crippen LogP contribution in [0.1, 0.15) is 36.6 Å². The van der Waals surface area contributed by atoms with E-state index >= 15 is 0 Å². The van der Waals surface area contributed by atoms with Crippen LogP contribution in [-0.4, -0.2) is 31.3 Å². The van der Waals surface area contributed by atoms with E-state index in [1.54, 1.807) is 7.11 Å². The minimum absolute atomic E-state index is 0.00401. The van der Waals surface area contributed by atoms with Gasteiger partial charge in [0.05, 0.1) is 12.7 Å². The number of carbonyl (C=O) groups is 1. The van der Waals surface area contributed by atoms with E-state index in [1.165, 1.54) is 25.1 Å². The smallest absolute Gasteiger partial charge is 0.416 e. The Morgan fingerprint density at radius 3 is 2.49 bits per heavy atom. The quantitative estimate of drug-likeness (QED) is 0.177. The molecule has 1 unspecified atom stereocenters. The highest BCUT2D eigenvalue weighted by atomic mass is 19.4. The van der Waals surface area contributed by atoms with E-state index in [0.717, 1.165) is 35.6 Å². The van der Waals surface area contributed by atoms with Crippen LogP contribution in [0.25, 0.3) is 16.7 Å². The Morgan fingerprint density at radius 2 is 1.81 bits per heavy atom. The average molecular weight is 518 g/mol. The van der Waals surface area contributed by atoms with Crippen LogP contribution in [0.3, 0.4) is 0 Å². The lowest BCUT2D eigenvalue weighted by atomic mass is 9.97. The molecule has 3 rings (SSSR count). The molecular weight excluding hydrogens is 490 g/mol. The van der Waals surface area contributed by atoms with Gasteiger partial charge >= 0.3 is 12.1 Å². The summed E-state index contributed by atoms with van der Waals surface area (Å²) in [5, 5.41) is 12.2. The zero-order valence-corrected chi connectivity index (χ0v) is 20.5. The number of carboxylic acid groups (broad SMARTS) is 1. The summed E-state index contributed by atoms with van der Waals surface area (Å²) in [7, 11) is 1.58. The molecule has 9 heteroatoms. The van der Waals surface area contributed by atoms with Crippen molar-refractivity contribution in [2.75, 3.05) is 20.3 Å². The molecule has 0 fully saturated rings. The van der Waals surface area contributed by atoms with Gasteiger partial charge in [-0.2, -0.15) is 13.2 Å². The van der Waals surface area contributed by atoms with Crippen molar-refractivity contribution in [3.05, 3.63) is 89.2 Å². The van der Waals surface area contributed by atoms with E-state index in [9.17, 15) is 22.4 Å². The SMILES string of the molecule is COc1cccc(C(C)NCCOc2cc(-c3ccc(F)c(C(C)=CC(=O)O)c3)cc(C(F)(F)F)c2)c1. The number of alkyl halides is 3. The molecule has 196 valence electrons. The maximum atomic E-state index is 14.3. The molecule has 5 nitrogen and oxygen atoms in total. The normalized spacial score (nSPS) is 12.8. The van der Waals surface area contributed by atoms with Gasteiger partial charge in [0.15, 0.2) is 0 Å². The molecule has 0 saturated heterocycles. The molecule has 0 aromatic heterocycles. The molecule has 0 aliphatic carbocycles. The molecule has 0 radical (unpaired) electrons. The van der Waals surface area contributed by atoms with Crippen LogP contribution in [0.2, 0.25) is 0 Å². The summed E-state index contributed by atoms with van der Waals surface area (Å²) in [6.45, 7) is 3.83. The lowest BCUT2D eigenvalue weighted by molar-refractivity contribution is -0.137. The molecule has 0 heterocycles. The van der Waals surface area contributed by atoms with Crippen LogP contribution in [-0.2, 0) is 11.0 Å². The largest absolute Gasteiger partial charge is 0.497 e. The summed E-state index contributed by atoms with van der Waals surface area (Å²) in [5.41, 5.74) is 0.630. The first-order chi connectivity index (χ1) is 17.5. The van der Waals surface area contributed by atoms with Crippen molar-refractivity contribution in [2.24, 2.45) is 0 Å². The van der Waals surface area contributed by atoms with Crippen molar-refractivity contribution in [2.45, 2.75) is 26.1 Å². The first kappa shape index (κ1) is 27.7. The summed E-state index contributed by atoms with van der Waals surface area (Å²) in [5.74, 6) is -1.22. The summed E-state index contributed by atoms with van der Waals surface area (Å²) in [6, 6.07) is 14.5. The fourth-order valence-electron chi connectivity index (χ4n) is 3.76. The van der Waals surface area contributed by atoms with Crippen molar-refractivity contribution in [1.29, 1.82) is 0 Å². The molecule has 1 atom stereocenters. The molecular formula is C28H27F4NO4. The third-order valence-corrected chi connectivity index (χ3v) is 5.71. The maximum absolute atomic E-state index is 14.3. The second-order valence-corrected chi connectivity index (χ2v) is 8.40. The zero-order valence-electron chi connectivity index (χ0n) is 20.5. The van der Waals surface area contributed by atoms with Gasteiger partial charge in [-0.1, -0.05) is 18.2 Å². The van der Waals surface area contributed by atoms with Gasteiger partial charge < -0.3 is 19.9 Å². The minimum Gasteiger partial charge on any atom is -0.497 e. The van der Waals surface area contributed by atoms with Gasteiger partial charge in [0.25, 0.3) is 0 Å². The number of carboxylic acids is 1. The van der Waals surface area contributed by atoms with Crippen molar-refractivity contribution < 1.29 is 36.9 Å². The number of methoxy groups -OCH3 is 1. The van der Waals surface area contributed by atoms with E-state index in [4.69, 9.17) is 14.6 Å². The van der Waals surface area contributed by atoms with Crippen molar-refractivity contribution in [1.82, 2.24) is 5.32 Å². The fraction of sp³-hybridized carbons (Fsp3) is 0.250. The maximum Gasteiger partial charge on any atom is 0.416 e. The minimum atomic E-state index is -4.63. The average Bonchev–Trinajstić information content (AvgIpc) is 2.85. The van der Waals surface area contributed by atoms with Gasteiger partial charge in [0, 0.05) is 24.2 Å². The summed E-state index contributed by atoms with van der Waals surface area (Å²) < 4.78 is 66.0. The Morgan fingerprint density at radius 1 is 1.05 bits per heavy atom. The first-order valence-electron chi connectivity index (χ1n) is 11.4. The van der Waals surface area contributed by atoms with Gasteiger partial charge in [-0.25, -0.2) is 9.18 Å². The van der Waals surface area contributed by atoms with Crippen molar-refractivity contribution in [3.63, 3.8) is 0 Å². The Labute approximate surface area is 212 Å². The van der Waals surface area contributed by atoms with Crippen LogP contribution in [0.4, 0.5) is 17.6 Å². The molecule has 0 bridgehead atoms. The molecule has 0 spiro atoms. The highest BCUT2D eigenvalue weighted by Gasteiger charge is 2.31. The second kappa shape index (κ2) is 11.9. The summed E-state index contributed by atoms with van der Waals surface area (Å²) in [6.07, 6.45) is -3.79. The predicted molar refractivity (Wildman–Crippen MR) is 133 cm³/mol. The molecule has 0 saturated carbocycles. The monoisotopic (exact) mass is 517 g/mol. The Kier molecular flexibility index (Phi) is 8.94. The molecule has 2 N–H and O–H groups in total. The predicted octanol–water partition coefficient (Wildman–Crippen LogP) is 6.74. The van der Waals surface area contributed by atoms with Gasteiger partial charge in [-0.05, 0) is 78.6 Å². The van der Waals surface area contributed by atoms with E-state index in [1.807, 2.05) is 31.2 Å². The summed E-state index contributed by atoms with van der Waals surface area (Å²) >= 11 is 0. The van der Waals surface area contributed by atoms with Crippen LogP contribution < -0.4 is 14.8 Å². The van der Waals surface area contributed by atoms with Crippen LogP contribution in [0, 0.1) is 5.82 Å². The number of hydrogen-bond acceptors (Lipinski definition) is 4. The second-order valence-electron chi connectivity index (χ2n) is 8.40. The van der Waals surface area contributed by atoms with Gasteiger partial charge in [-0.3, -0.25) is 0 Å². The Balaban J connectivity index is 1.80. The lowest BCUT2D eigenvalue weighted by Crippen LogP contribution is -2.24. The van der Waals surface area contributed by atoms with E-state index in [2.05, 4.69) is 5.32 Å². The van der Waals surface area contributed by atoms with Gasteiger partial charge in [-0.15, -0.1) is 0 Å². The molecule has 37 heavy (non-hydrogen) atoms. The number of benzene rings is 3. The van der Waals surface area contributed by atoms with E-state index < -0.39 is 23.5 Å². The topological polar surface area (TPSA) is 67.8 Å². The zero-order chi connectivity index (χ0) is 27.2. The number of ether oxygens (including phenoxy) is 2. The van der Waals surface area contributed by atoms with E-state index in [0.29, 0.717) is 6.54 Å². The molecule has 3 aromatic carbocycles. The molecule has 0 aliphatic rings. The lowest BCUT2D eigenvalue weighted by Gasteiger charge is -2.17. The Hall–Kier alpha value is -3.85. The number of rotatable bonds is 10. The third-order valence-electron chi connectivity index (χ3n) is 5.71. The number of nitrogens with one attached hydrogen (secondary N) is 1. The van der Waals surface area contributed by atoms with Crippen LogP contribution in [0.5, 0.6) is 11.5 Å². The number of halogens is 4. The molecule has 3 aromatic rings. The summed E-state index contributed by atoms with van der Waals surface area (Å²) in [4.78, 5) is 11.0. The van der Waals surface area contributed by atoms with Gasteiger partial charge in [0.2, 0.25) is 0 Å². The van der Waals surface area contributed by atoms with Crippen LogP contribution >= 0.6 is 0 Å². The van der Waals surface area contributed by atoms with Crippen molar-refractivity contribution >= 4 is 11.5 Å². The van der Waals surface area contributed by atoms with Crippen molar-refractivity contribution in [3.8, 4) is 22.6 Å². The number of aliphatic carboxylic acids is 1. The first-order valence-corrected chi connectivity index (χ1v) is 11.4. The standard InChI is InChI=1S/C28H27F4NO4/c1-17(11-27(34)35)25-15-20(7-8-26(25)29)21-12-22(28(30,31)32)16-24(14-21)37-10-9-33-18(2)19-5-4-6-23(13-19)36-3/h4-8,11-16,18,33H,9-10H2,1-3H3,(H,34,35).